The van der Waals surface area contributed by atoms with Gasteiger partial charge in [-0.3, -0.25) is 4.79 Å². The molecular weight excluding hydrogens is 296 g/mol. The van der Waals surface area contributed by atoms with Gasteiger partial charge in [-0.05, 0) is 43.0 Å². The quantitative estimate of drug-likeness (QED) is 0.837. The molecule has 2 aliphatic rings. The number of likely N-dealkylation sites (tertiary alicyclic amines) is 1. The molecule has 1 saturated heterocycles. The van der Waals surface area contributed by atoms with Crippen molar-refractivity contribution in [3.8, 4) is 5.75 Å². The summed E-state index contributed by atoms with van der Waals surface area (Å²) in [5.74, 6) is -0.0751. The summed E-state index contributed by atoms with van der Waals surface area (Å²) in [6.07, 6.45) is 3.80. The third-order valence-electron chi connectivity index (χ3n) is 4.91. The van der Waals surface area contributed by atoms with Gasteiger partial charge < -0.3 is 20.1 Å². The third-order valence-corrected chi connectivity index (χ3v) is 4.91. The van der Waals surface area contributed by atoms with Crippen LogP contribution in [0, 0.1) is 11.3 Å². The molecule has 2 atom stereocenters. The van der Waals surface area contributed by atoms with Crippen molar-refractivity contribution in [3.05, 3.63) is 37.1 Å². The van der Waals surface area contributed by atoms with Crippen LogP contribution in [0.5, 0.6) is 5.75 Å². The van der Waals surface area contributed by atoms with Crippen molar-refractivity contribution in [3.63, 3.8) is 0 Å². The number of hydrogen-bond donors (Lipinski definition) is 2. The SMILES string of the molecule is C=COc1ccc(NC(=O)N2C[C@@H]3CCC[C@@]3(C(=O)O)C2)cc1. The zero-order valence-electron chi connectivity index (χ0n) is 12.8. The number of ether oxygens (including phenoxy) is 1. The molecule has 1 aromatic rings. The molecule has 2 amide bonds. The minimum absolute atomic E-state index is 0.0640. The number of carboxylic acid groups (broad SMARTS) is 1. The van der Waals surface area contributed by atoms with E-state index in [1.165, 1.54) is 6.26 Å². The monoisotopic (exact) mass is 316 g/mol. The molecular formula is C17H20N2O4. The van der Waals surface area contributed by atoms with Crippen LogP contribution in [0.25, 0.3) is 0 Å². The van der Waals surface area contributed by atoms with Gasteiger partial charge in [0, 0.05) is 18.8 Å². The molecule has 23 heavy (non-hydrogen) atoms. The lowest BCUT2D eigenvalue weighted by atomic mass is 9.81. The number of carbonyl (C=O) groups is 2. The van der Waals surface area contributed by atoms with Crippen LogP contribution in [0.1, 0.15) is 19.3 Å². The zero-order valence-corrected chi connectivity index (χ0v) is 12.8. The van der Waals surface area contributed by atoms with Crippen molar-refractivity contribution in [2.45, 2.75) is 19.3 Å². The Hall–Kier alpha value is -2.50. The van der Waals surface area contributed by atoms with Crippen molar-refractivity contribution in [1.29, 1.82) is 0 Å². The number of carboxylic acids is 1. The van der Waals surface area contributed by atoms with Crippen molar-refractivity contribution in [2.24, 2.45) is 11.3 Å². The molecule has 2 fully saturated rings. The Kier molecular flexibility index (Phi) is 3.98. The Labute approximate surface area is 134 Å². The number of anilines is 1. The number of rotatable bonds is 4. The standard InChI is InChI=1S/C17H20N2O4/c1-2-23-14-7-5-13(6-8-14)18-16(22)19-10-12-4-3-9-17(12,11-19)15(20)21/h2,5-8,12H,1,3-4,9-11H2,(H,18,22)(H,20,21)/t12-,17+/m0/s1. The molecule has 0 spiro atoms. The molecule has 6 nitrogen and oxygen atoms in total. The van der Waals surface area contributed by atoms with E-state index in [1.807, 2.05) is 0 Å². The average molecular weight is 316 g/mol. The lowest BCUT2D eigenvalue weighted by Gasteiger charge is -2.23. The highest BCUT2D eigenvalue weighted by Crippen LogP contribution is 2.48. The van der Waals surface area contributed by atoms with Gasteiger partial charge in [-0.25, -0.2) is 4.79 Å². The highest BCUT2D eigenvalue weighted by atomic mass is 16.5. The largest absolute Gasteiger partial charge is 0.481 e. The van der Waals surface area contributed by atoms with Crippen LogP contribution in [0.2, 0.25) is 0 Å². The molecule has 1 heterocycles. The van der Waals surface area contributed by atoms with E-state index in [9.17, 15) is 14.7 Å². The number of carbonyl (C=O) groups excluding carboxylic acids is 1. The summed E-state index contributed by atoms with van der Waals surface area (Å²) in [4.78, 5) is 25.7. The molecule has 0 radical (unpaired) electrons. The Morgan fingerprint density at radius 1 is 1.39 bits per heavy atom. The first-order chi connectivity index (χ1) is 11.0. The number of fused-ring (bicyclic) bond motifs is 1. The highest BCUT2D eigenvalue weighted by molar-refractivity contribution is 5.90. The minimum Gasteiger partial charge on any atom is -0.481 e. The van der Waals surface area contributed by atoms with Gasteiger partial charge in [0.15, 0.2) is 0 Å². The van der Waals surface area contributed by atoms with E-state index in [4.69, 9.17) is 4.74 Å². The van der Waals surface area contributed by atoms with Gasteiger partial charge in [0.25, 0.3) is 0 Å². The van der Waals surface area contributed by atoms with E-state index in [2.05, 4.69) is 11.9 Å². The fourth-order valence-electron chi connectivity index (χ4n) is 3.71. The van der Waals surface area contributed by atoms with Crippen LogP contribution < -0.4 is 10.1 Å². The molecule has 0 unspecified atom stereocenters. The first-order valence-corrected chi connectivity index (χ1v) is 7.72. The van der Waals surface area contributed by atoms with Crippen molar-refractivity contribution >= 4 is 17.7 Å². The van der Waals surface area contributed by atoms with Gasteiger partial charge in [0.05, 0.1) is 11.7 Å². The van der Waals surface area contributed by atoms with Gasteiger partial charge in [0.2, 0.25) is 0 Å². The molecule has 3 rings (SSSR count). The van der Waals surface area contributed by atoms with Crippen LogP contribution in [0.3, 0.4) is 0 Å². The first kappa shape index (κ1) is 15.4. The van der Waals surface area contributed by atoms with Gasteiger partial charge in [-0.1, -0.05) is 13.0 Å². The summed E-state index contributed by atoms with van der Waals surface area (Å²) in [5.41, 5.74) is -0.105. The van der Waals surface area contributed by atoms with E-state index in [0.717, 1.165) is 12.8 Å². The molecule has 0 bridgehead atoms. The van der Waals surface area contributed by atoms with Crippen LogP contribution in [0.15, 0.2) is 37.1 Å². The molecule has 122 valence electrons. The minimum atomic E-state index is -0.777. The number of aliphatic carboxylic acids is 1. The topological polar surface area (TPSA) is 78.9 Å². The molecule has 1 aromatic carbocycles. The average Bonchev–Trinajstić information content (AvgIpc) is 3.07. The van der Waals surface area contributed by atoms with Gasteiger partial charge in [-0.2, -0.15) is 0 Å². The highest BCUT2D eigenvalue weighted by Gasteiger charge is 2.55. The van der Waals surface area contributed by atoms with E-state index in [-0.39, 0.29) is 18.5 Å². The molecule has 6 heteroatoms. The van der Waals surface area contributed by atoms with E-state index in [1.54, 1.807) is 29.2 Å². The van der Waals surface area contributed by atoms with Gasteiger partial charge in [0.1, 0.15) is 5.75 Å². The molecule has 1 aliphatic heterocycles. The second-order valence-corrected chi connectivity index (χ2v) is 6.17. The maximum absolute atomic E-state index is 12.4. The second-order valence-electron chi connectivity index (χ2n) is 6.17. The van der Waals surface area contributed by atoms with E-state index in [0.29, 0.717) is 24.4 Å². The summed E-state index contributed by atoms with van der Waals surface area (Å²) in [5, 5.41) is 12.4. The number of hydrogen-bond acceptors (Lipinski definition) is 3. The first-order valence-electron chi connectivity index (χ1n) is 7.72. The van der Waals surface area contributed by atoms with Crippen molar-refractivity contribution < 1.29 is 19.4 Å². The third kappa shape index (κ3) is 2.76. The summed E-state index contributed by atoms with van der Waals surface area (Å²) >= 11 is 0. The summed E-state index contributed by atoms with van der Waals surface area (Å²) < 4.78 is 5.13. The second kappa shape index (κ2) is 5.95. The molecule has 1 aliphatic carbocycles. The predicted molar refractivity (Wildman–Crippen MR) is 85.3 cm³/mol. The lowest BCUT2D eigenvalue weighted by molar-refractivity contribution is -0.149. The smallest absolute Gasteiger partial charge is 0.321 e. The zero-order chi connectivity index (χ0) is 16.4. The number of nitrogens with one attached hydrogen (secondary N) is 1. The van der Waals surface area contributed by atoms with Crippen molar-refractivity contribution in [2.75, 3.05) is 18.4 Å². The fourth-order valence-corrected chi connectivity index (χ4v) is 3.71. The fraction of sp³-hybridized carbons (Fsp3) is 0.412. The van der Waals surface area contributed by atoms with E-state index >= 15 is 0 Å². The van der Waals surface area contributed by atoms with Crippen molar-refractivity contribution in [1.82, 2.24) is 4.90 Å². The summed E-state index contributed by atoms with van der Waals surface area (Å²) in [6, 6.07) is 6.68. The summed E-state index contributed by atoms with van der Waals surface area (Å²) in [7, 11) is 0. The predicted octanol–water partition coefficient (Wildman–Crippen LogP) is 2.93. The Balaban J connectivity index is 1.65. The van der Waals surface area contributed by atoms with Crippen LogP contribution in [-0.2, 0) is 4.79 Å². The Morgan fingerprint density at radius 3 is 2.74 bits per heavy atom. The van der Waals surface area contributed by atoms with Crippen LogP contribution in [0.4, 0.5) is 10.5 Å². The molecule has 0 aromatic heterocycles. The number of urea groups is 1. The Bertz CT molecular complexity index is 628. The van der Waals surface area contributed by atoms with Gasteiger partial charge in [-0.15, -0.1) is 0 Å². The van der Waals surface area contributed by atoms with Crippen LogP contribution in [-0.4, -0.2) is 35.1 Å². The van der Waals surface area contributed by atoms with Crippen LogP contribution >= 0.6 is 0 Å². The molecule has 1 saturated carbocycles. The maximum Gasteiger partial charge on any atom is 0.321 e. The summed E-state index contributed by atoms with van der Waals surface area (Å²) in [6.45, 7) is 4.28. The number of amides is 2. The normalized spacial score (nSPS) is 25.7. The lowest BCUT2D eigenvalue weighted by Crippen LogP contribution is -2.38. The van der Waals surface area contributed by atoms with E-state index < -0.39 is 11.4 Å². The Morgan fingerprint density at radius 2 is 2.13 bits per heavy atom. The molecule has 2 N–H and O–H groups in total. The maximum atomic E-state index is 12.4. The number of nitrogens with zero attached hydrogens (tertiary/aromatic N) is 1. The number of benzene rings is 1. The van der Waals surface area contributed by atoms with Gasteiger partial charge >= 0.3 is 12.0 Å².